The minimum Gasteiger partial charge on any atom is -0.456 e. The van der Waals surface area contributed by atoms with Crippen molar-refractivity contribution in [3.05, 3.63) is 146 Å². The number of fused-ring (bicyclic) bond motifs is 12. The van der Waals surface area contributed by atoms with Crippen molar-refractivity contribution in [2.45, 2.75) is 0 Å². The van der Waals surface area contributed by atoms with E-state index in [1.165, 1.54) is 84.1 Å². The Labute approximate surface area is 277 Å². The lowest BCUT2D eigenvalue weighted by Crippen LogP contribution is -1.90. The molecule has 0 fully saturated rings. The van der Waals surface area contributed by atoms with Gasteiger partial charge in [0, 0.05) is 41.7 Å². The van der Waals surface area contributed by atoms with Gasteiger partial charge in [-0.2, -0.15) is 0 Å². The lowest BCUT2D eigenvalue weighted by atomic mass is 9.85. The zero-order valence-corrected chi connectivity index (χ0v) is 26.7. The van der Waals surface area contributed by atoms with Crippen molar-refractivity contribution >= 4 is 107 Å². The molecule has 0 unspecified atom stereocenters. The molecule has 0 aliphatic carbocycles. The van der Waals surface area contributed by atoms with Crippen LogP contribution in [0, 0.1) is 0 Å². The third-order valence-corrected chi connectivity index (χ3v) is 12.4. The predicted octanol–water partition coefficient (Wildman–Crippen LogP) is 14.0. The van der Waals surface area contributed by atoms with Crippen LogP contribution >= 0.6 is 22.7 Å². The Morgan fingerprint density at radius 2 is 0.787 bits per heavy atom. The first-order valence-electron chi connectivity index (χ1n) is 15.9. The molecule has 11 rings (SSSR count). The van der Waals surface area contributed by atoms with Gasteiger partial charge in [-0.15, -0.1) is 22.7 Å². The van der Waals surface area contributed by atoms with Crippen molar-refractivity contribution < 1.29 is 4.42 Å². The minimum atomic E-state index is 0.921. The van der Waals surface area contributed by atoms with Gasteiger partial charge in [0.05, 0.1) is 9.40 Å². The van der Waals surface area contributed by atoms with Crippen LogP contribution in [-0.2, 0) is 0 Å². The van der Waals surface area contributed by atoms with E-state index in [9.17, 15) is 0 Å². The van der Waals surface area contributed by atoms with Gasteiger partial charge in [0.15, 0.2) is 0 Å². The SMILES string of the molecule is c1ccc2c(c1)oc1ccc(-c3c4ccccc4c(-c4ccc5sc6c(ccc7c8ccccc8sc76)c5c4)c4ccccc34)cc12. The van der Waals surface area contributed by atoms with Crippen LogP contribution in [0.2, 0.25) is 0 Å². The molecule has 11 aromatic rings. The summed E-state index contributed by atoms with van der Waals surface area (Å²) < 4.78 is 11.7. The van der Waals surface area contributed by atoms with Crippen LogP contribution in [0.4, 0.5) is 0 Å². The fourth-order valence-electron chi connectivity index (χ4n) is 7.80. The first-order chi connectivity index (χ1) is 23.3. The molecule has 47 heavy (non-hydrogen) atoms. The molecule has 8 aromatic carbocycles. The molecule has 0 aliphatic rings. The van der Waals surface area contributed by atoms with Gasteiger partial charge in [0.25, 0.3) is 0 Å². The molecular formula is C44H24OS2. The average molecular weight is 633 g/mol. The number of benzene rings is 8. The van der Waals surface area contributed by atoms with E-state index in [4.69, 9.17) is 4.42 Å². The van der Waals surface area contributed by atoms with E-state index in [1.807, 2.05) is 34.8 Å². The normalized spacial score (nSPS) is 12.3. The smallest absolute Gasteiger partial charge is 0.135 e. The monoisotopic (exact) mass is 632 g/mol. The third-order valence-electron chi connectivity index (χ3n) is 9.87. The first-order valence-corrected chi connectivity index (χ1v) is 17.6. The van der Waals surface area contributed by atoms with Crippen LogP contribution in [0.3, 0.4) is 0 Å². The van der Waals surface area contributed by atoms with E-state index in [2.05, 4.69) is 133 Å². The second-order valence-corrected chi connectivity index (χ2v) is 14.5. The lowest BCUT2D eigenvalue weighted by Gasteiger charge is -2.18. The predicted molar refractivity (Wildman–Crippen MR) is 205 cm³/mol. The highest BCUT2D eigenvalue weighted by atomic mass is 32.1. The molecule has 3 heterocycles. The Bertz CT molecular complexity index is 3020. The molecular weight excluding hydrogens is 609 g/mol. The van der Waals surface area contributed by atoms with Crippen molar-refractivity contribution in [2.24, 2.45) is 0 Å². The molecule has 0 saturated heterocycles. The fraction of sp³-hybridized carbons (Fsp3) is 0. The topological polar surface area (TPSA) is 13.1 Å². The standard InChI is InChI=1S/C44H24OS2/c1-3-13-31-29(11-1)41(25-17-21-38-35(23-25)27-9-5-7-15-37(27)45-38)30-12-2-4-14-32(30)42(31)26-18-22-40-36(24-26)34-20-19-33-28-10-6-8-16-39(28)46-43(33)44(34)47-40/h1-24H. The summed E-state index contributed by atoms with van der Waals surface area (Å²) in [5, 5.41) is 12.7. The number of hydrogen-bond donors (Lipinski definition) is 0. The van der Waals surface area contributed by atoms with Crippen molar-refractivity contribution in [3.8, 4) is 22.3 Å². The van der Waals surface area contributed by atoms with E-state index >= 15 is 0 Å². The van der Waals surface area contributed by atoms with Gasteiger partial charge < -0.3 is 4.42 Å². The summed E-state index contributed by atoms with van der Waals surface area (Å²) in [5.74, 6) is 0. The van der Waals surface area contributed by atoms with E-state index in [1.54, 1.807) is 0 Å². The van der Waals surface area contributed by atoms with Crippen LogP contribution < -0.4 is 0 Å². The van der Waals surface area contributed by atoms with Gasteiger partial charge in [0.2, 0.25) is 0 Å². The molecule has 0 radical (unpaired) electrons. The Kier molecular flexibility index (Phi) is 5.20. The zero-order chi connectivity index (χ0) is 30.6. The maximum absolute atomic E-state index is 6.19. The second-order valence-electron chi connectivity index (χ2n) is 12.4. The Balaban J connectivity index is 1.19. The molecule has 0 atom stereocenters. The summed E-state index contributed by atoms with van der Waals surface area (Å²) in [7, 11) is 0. The van der Waals surface area contributed by atoms with Crippen LogP contribution in [0.15, 0.2) is 150 Å². The quantitative estimate of drug-likeness (QED) is 0.173. The van der Waals surface area contributed by atoms with Gasteiger partial charge in [0.1, 0.15) is 11.2 Å². The Hall–Kier alpha value is -5.48. The molecule has 3 aromatic heterocycles. The van der Waals surface area contributed by atoms with Gasteiger partial charge in [-0.25, -0.2) is 0 Å². The van der Waals surface area contributed by atoms with Gasteiger partial charge in [-0.05, 0) is 80.2 Å². The summed E-state index contributed by atoms with van der Waals surface area (Å²) in [6.07, 6.45) is 0. The molecule has 0 saturated carbocycles. The van der Waals surface area contributed by atoms with Crippen molar-refractivity contribution in [2.75, 3.05) is 0 Å². The highest BCUT2D eigenvalue weighted by Crippen LogP contribution is 2.48. The number of thiophene rings is 2. The first kappa shape index (κ1) is 25.7. The average Bonchev–Trinajstić information content (AvgIpc) is 3.81. The second kappa shape index (κ2) is 9.52. The number of para-hydroxylation sites is 1. The van der Waals surface area contributed by atoms with Crippen molar-refractivity contribution in [1.29, 1.82) is 0 Å². The number of furan rings is 1. The third kappa shape index (κ3) is 3.58. The molecule has 1 nitrogen and oxygen atoms in total. The summed E-state index contributed by atoms with van der Waals surface area (Å²) >= 11 is 3.84. The molecule has 0 aliphatic heterocycles. The maximum Gasteiger partial charge on any atom is 0.135 e. The number of hydrogen-bond acceptors (Lipinski definition) is 3. The van der Waals surface area contributed by atoms with E-state index in [0.29, 0.717) is 0 Å². The molecule has 0 bridgehead atoms. The van der Waals surface area contributed by atoms with E-state index < -0.39 is 0 Å². The van der Waals surface area contributed by atoms with Gasteiger partial charge >= 0.3 is 0 Å². The molecule has 3 heteroatoms. The summed E-state index contributed by atoms with van der Waals surface area (Å²) in [6.45, 7) is 0. The Morgan fingerprint density at radius 1 is 0.319 bits per heavy atom. The van der Waals surface area contributed by atoms with E-state index in [0.717, 1.165) is 21.9 Å². The lowest BCUT2D eigenvalue weighted by molar-refractivity contribution is 0.669. The van der Waals surface area contributed by atoms with Crippen molar-refractivity contribution in [1.82, 2.24) is 0 Å². The van der Waals surface area contributed by atoms with Crippen LogP contribution in [0.25, 0.3) is 106 Å². The summed E-state index contributed by atoms with van der Waals surface area (Å²) in [6, 6.07) is 53.4. The highest BCUT2D eigenvalue weighted by molar-refractivity contribution is 7.33. The maximum atomic E-state index is 6.19. The molecule has 0 amide bonds. The highest BCUT2D eigenvalue weighted by Gasteiger charge is 2.19. The van der Waals surface area contributed by atoms with Crippen LogP contribution in [0.1, 0.15) is 0 Å². The van der Waals surface area contributed by atoms with Gasteiger partial charge in [-0.1, -0.05) is 109 Å². The van der Waals surface area contributed by atoms with Crippen molar-refractivity contribution in [3.63, 3.8) is 0 Å². The van der Waals surface area contributed by atoms with E-state index in [-0.39, 0.29) is 0 Å². The molecule has 0 spiro atoms. The molecule has 0 N–H and O–H groups in total. The Morgan fingerprint density at radius 3 is 1.45 bits per heavy atom. The summed E-state index contributed by atoms with van der Waals surface area (Å²) in [4.78, 5) is 0. The summed E-state index contributed by atoms with van der Waals surface area (Å²) in [5.41, 5.74) is 6.86. The fourth-order valence-corrected chi connectivity index (χ4v) is 10.3. The van der Waals surface area contributed by atoms with Crippen LogP contribution in [0.5, 0.6) is 0 Å². The zero-order valence-electron chi connectivity index (χ0n) is 25.1. The minimum absolute atomic E-state index is 0.921. The molecule has 218 valence electrons. The van der Waals surface area contributed by atoms with Crippen LogP contribution in [-0.4, -0.2) is 0 Å². The van der Waals surface area contributed by atoms with Gasteiger partial charge in [-0.3, -0.25) is 0 Å². The number of rotatable bonds is 2. The largest absolute Gasteiger partial charge is 0.456 e.